The van der Waals surface area contributed by atoms with Crippen molar-refractivity contribution in [3.63, 3.8) is 0 Å². The molecule has 0 aliphatic rings. The first-order valence-corrected chi connectivity index (χ1v) is 9.61. The zero-order valence-electron chi connectivity index (χ0n) is 11.4. The molecule has 5 heteroatoms. The van der Waals surface area contributed by atoms with Gasteiger partial charge >= 0.3 is 0 Å². The molecule has 0 aliphatic heterocycles. The van der Waals surface area contributed by atoms with Crippen LogP contribution in [-0.2, 0) is 0 Å². The molecule has 0 saturated carbocycles. The first-order chi connectivity index (χ1) is 10.3. The number of thioether (sulfide) groups is 2. The van der Waals surface area contributed by atoms with Crippen LogP contribution in [0.4, 0.5) is 0 Å². The molecule has 0 heterocycles. The molecule has 0 unspecified atom stereocenters. The van der Waals surface area contributed by atoms with Crippen LogP contribution in [0.15, 0.2) is 58.3 Å². The highest BCUT2D eigenvalue weighted by atomic mass is 35.5. The third-order valence-corrected chi connectivity index (χ3v) is 5.43. The molecule has 0 amide bonds. The fourth-order valence-electron chi connectivity index (χ4n) is 1.66. The monoisotopic (exact) mass is 358 g/mol. The summed E-state index contributed by atoms with van der Waals surface area (Å²) in [6, 6.07) is 16.1. The largest absolute Gasteiger partial charge is 0.457 e. The summed E-state index contributed by atoms with van der Waals surface area (Å²) in [5.41, 5.74) is 0. The maximum Gasteiger partial charge on any atom is 0.127 e. The highest BCUT2D eigenvalue weighted by molar-refractivity contribution is 7.99. The van der Waals surface area contributed by atoms with Gasteiger partial charge in [-0.3, -0.25) is 0 Å². The van der Waals surface area contributed by atoms with Gasteiger partial charge in [-0.05, 0) is 48.5 Å². The van der Waals surface area contributed by atoms with Gasteiger partial charge in [-0.2, -0.15) is 0 Å². The molecule has 0 bridgehead atoms. The molecule has 2 aromatic rings. The van der Waals surface area contributed by atoms with Gasteiger partial charge in [0.15, 0.2) is 0 Å². The van der Waals surface area contributed by atoms with Crippen LogP contribution in [0.3, 0.4) is 0 Å². The highest BCUT2D eigenvalue weighted by Crippen LogP contribution is 2.27. The van der Waals surface area contributed by atoms with Crippen molar-refractivity contribution in [1.82, 2.24) is 0 Å². The van der Waals surface area contributed by atoms with Crippen LogP contribution in [0.1, 0.15) is 0 Å². The van der Waals surface area contributed by atoms with Gasteiger partial charge in [-0.25, -0.2) is 0 Å². The van der Waals surface area contributed by atoms with Crippen molar-refractivity contribution in [3.05, 3.63) is 48.5 Å². The Bertz CT molecular complexity index is 479. The molecule has 0 saturated heterocycles. The molecule has 0 radical (unpaired) electrons. The molecule has 112 valence electrons. The smallest absolute Gasteiger partial charge is 0.127 e. The first kappa shape index (κ1) is 16.9. The second-order valence-corrected chi connectivity index (χ2v) is 7.21. The lowest BCUT2D eigenvalue weighted by atomic mass is 10.3. The topological polar surface area (TPSA) is 9.23 Å². The predicted molar refractivity (Wildman–Crippen MR) is 95.8 cm³/mol. The van der Waals surface area contributed by atoms with Crippen molar-refractivity contribution in [1.29, 1.82) is 0 Å². The van der Waals surface area contributed by atoms with Gasteiger partial charge in [0, 0.05) is 33.1 Å². The number of halogens is 2. The summed E-state index contributed by atoms with van der Waals surface area (Å²) in [5.74, 6) is 4.85. The minimum atomic E-state index is 0.664. The second-order valence-electron chi connectivity index (χ2n) is 4.12. The summed E-state index contributed by atoms with van der Waals surface area (Å²) in [6.07, 6.45) is 0. The molecule has 2 aromatic carbocycles. The van der Waals surface area contributed by atoms with Gasteiger partial charge in [0.2, 0.25) is 0 Å². The molecule has 0 atom stereocenters. The van der Waals surface area contributed by atoms with Crippen molar-refractivity contribution in [3.8, 4) is 11.5 Å². The van der Waals surface area contributed by atoms with Gasteiger partial charge < -0.3 is 4.74 Å². The molecule has 0 N–H and O–H groups in total. The standard InChI is InChI=1S/C16H16Cl2OS2/c17-9-11-20-15-5-1-13(2-6-15)19-14-3-7-16(8-4-14)21-12-10-18/h1-8H,9-12H2. The summed E-state index contributed by atoms with van der Waals surface area (Å²) in [7, 11) is 0. The van der Waals surface area contributed by atoms with Crippen LogP contribution < -0.4 is 4.74 Å². The van der Waals surface area contributed by atoms with E-state index < -0.39 is 0 Å². The Morgan fingerprint density at radius 3 is 1.38 bits per heavy atom. The van der Waals surface area contributed by atoms with E-state index in [1.165, 1.54) is 9.79 Å². The number of rotatable bonds is 8. The van der Waals surface area contributed by atoms with Crippen LogP contribution in [0, 0.1) is 0 Å². The molecule has 0 spiro atoms. The Kier molecular flexibility index (Phi) is 7.65. The lowest BCUT2D eigenvalue weighted by Gasteiger charge is -2.07. The lowest BCUT2D eigenvalue weighted by Crippen LogP contribution is -1.85. The fourth-order valence-corrected chi connectivity index (χ4v) is 3.40. The van der Waals surface area contributed by atoms with E-state index in [4.69, 9.17) is 27.9 Å². The zero-order valence-corrected chi connectivity index (χ0v) is 14.6. The number of hydrogen-bond acceptors (Lipinski definition) is 3. The maximum absolute atomic E-state index is 5.83. The van der Waals surface area contributed by atoms with Crippen LogP contribution >= 0.6 is 46.7 Å². The Balaban J connectivity index is 1.91. The highest BCUT2D eigenvalue weighted by Gasteiger charge is 2.00. The molecule has 1 nitrogen and oxygen atoms in total. The van der Waals surface area contributed by atoms with Gasteiger partial charge in [0.25, 0.3) is 0 Å². The normalized spacial score (nSPS) is 10.6. The number of ether oxygens (including phenoxy) is 1. The molecular formula is C16H16Cl2OS2. The van der Waals surface area contributed by atoms with E-state index in [1.54, 1.807) is 23.5 Å². The summed E-state index contributed by atoms with van der Waals surface area (Å²) in [6.45, 7) is 0. The fraction of sp³-hybridized carbons (Fsp3) is 0.250. The lowest BCUT2D eigenvalue weighted by molar-refractivity contribution is 0.482. The van der Waals surface area contributed by atoms with Crippen LogP contribution in [0.5, 0.6) is 11.5 Å². The third kappa shape index (κ3) is 6.03. The van der Waals surface area contributed by atoms with Crippen molar-refractivity contribution < 1.29 is 4.74 Å². The quantitative estimate of drug-likeness (QED) is 0.414. The molecule has 21 heavy (non-hydrogen) atoms. The van der Waals surface area contributed by atoms with Gasteiger partial charge in [-0.1, -0.05) is 0 Å². The third-order valence-electron chi connectivity index (χ3n) is 2.57. The van der Waals surface area contributed by atoms with Crippen LogP contribution in [0.2, 0.25) is 0 Å². The van der Waals surface area contributed by atoms with E-state index in [9.17, 15) is 0 Å². The Hall–Kier alpha value is -0.480. The Morgan fingerprint density at radius 1 is 0.667 bits per heavy atom. The van der Waals surface area contributed by atoms with Crippen LogP contribution in [0.25, 0.3) is 0 Å². The molecule has 2 rings (SSSR count). The Labute approximate surface area is 144 Å². The van der Waals surface area contributed by atoms with Gasteiger partial charge in [0.05, 0.1) is 0 Å². The molecule has 0 fully saturated rings. The average Bonchev–Trinajstić information content (AvgIpc) is 2.53. The van der Waals surface area contributed by atoms with E-state index in [0.717, 1.165) is 23.0 Å². The first-order valence-electron chi connectivity index (χ1n) is 6.57. The predicted octanol–water partition coefficient (Wildman–Crippen LogP) is 6.14. The van der Waals surface area contributed by atoms with Crippen molar-refractivity contribution in [2.75, 3.05) is 23.3 Å². The molecular weight excluding hydrogens is 343 g/mol. The van der Waals surface area contributed by atoms with E-state index in [0.29, 0.717) is 11.8 Å². The summed E-state index contributed by atoms with van der Waals surface area (Å²) >= 11 is 14.8. The SMILES string of the molecule is ClCCSc1ccc(Oc2ccc(SCCCl)cc2)cc1. The van der Waals surface area contributed by atoms with Crippen molar-refractivity contribution in [2.24, 2.45) is 0 Å². The van der Waals surface area contributed by atoms with E-state index >= 15 is 0 Å². The summed E-state index contributed by atoms with van der Waals surface area (Å²) in [4.78, 5) is 2.41. The van der Waals surface area contributed by atoms with E-state index in [-0.39, 0.29) is 0 Å². The number of benzene rings is 2. The van der Waals surface area contributed by atoms with Crippen molar-refractivity contribution >= 4 is 46.7 Å². The maximum atomic E-state index is 5.83. The van der Waals surface area contributed by atoms with Gasteiger partial charge in [0.1, 0.15) is 11.5 Å². The van der Waals surface area contributed by atoms with E-state index in [2.05, 4.69) is 24.3 Å². The average molecular weight is 359 g/mol. The second kappa shape index (κ2) is 9.52. The van der Waals surface area contributed by atoms with E-state index in [1.807, 2.05) is 24.3 Å². The number of alkyl halides is 2. The minimum absolute atomic E-state index is 0.664. The Morgan fingerprint density at radius 2 is 1.05 bits per heavy atom. The zero-order chi connectivity index (χ0) is 14.9. The van der Waals surface area contributed by atoms with Crippen LogP contribution in [-0.4, -0.2) is 23.3 Å². The minimum Gasteiger partial charge on any atom is -0.457 e. The number of hydrogen-bond donors (Lipinski definition) is 0. The van der Waals surface area contributed by atoms with Crippen molar-refractivity contribution in [2.45, 2.75) is 9.79 Å². The molecule has 0 aromatic heterocycles. The summed E-state index contributed by atoms with van der Waals surface area (Å²) in [5, 5.41) is 0. The molecule has 0 aliphatic carbocycles. The summed E-state index contributed by atoms with van der Waals surface area (Å²) < 4.78 is 5.83. The van der Waals surface area contributed by atoms with Gasteiger partial charge in [-0.15, -0.1) is 46.7 Å².